The Kier molecular flexibility index (Phi) is 5.59. The number of aliphatic hydroxyl groups is 1. The van der Waals surface area contributed by atoms with E-state index in [1.807, 2.05) is 25.1 Å². The molecule has 4 aromatic rings. The third kappa shape index (κ3) is 4.73. The number of hydrogen-bond donors (Lipinski definition) is 2. The second-order valence-electron chi connectivity index (χ2n) is 8.10. The molecule has 0 aliphatic heterocycles. The third-order valence-electron chi connectivity index (χ3n) is 4.99. The van der Waals surface area contributed by atoms with Gasteiger partial charge < -0.3 is 10.4 Å². The average Bonchev–Trinajstić information content (AvgIpc) is 3.13. The van der Waals surface area contributed by atoms with Crippen LogP contribution in [-0.4, -0.2) is 25.6 Å². The molecule has 2 aromatic heterocycles. The summed E-state index contributed by atoms with van der Waals surface area (Å²) in [6, 6.07) is 16.5. The summed E-state index contributed by atoms with van der Waals surface area (Å²) in [5.41, 5.74) is 3.12. The number of amides is 1. The van der Waals surface area contributed by atoms with Crippen molar-refractivity contribution in [3.8, 4) is 0 Å². The lowest BCUT2D eigenvalue weighted by atomic mass is 9.97. The molecule has 7 heteroatoms. The molecule has 0 spiro atoms. The van der Waals surface area contributed by atoms with Crippen molar-refractivity contribution in [2.24, 2.45) is 0 Å². The summed E-state index contributed by atoms with van der Waals surface area (Å²) in [5.74, 6) is -0.224. The van der Waals surface area contributed by atoms with Crippen LogP contribution in [0.3, 0.4) is 0 Å². The summed E-state index contributed by atoms with van der Waals surface area (Å²) in [6.07, 6.45) is 3.67. The fraction of sp³-hybridized carbons (Fsp3) is 0.160. The van der Waals surface area contributed by atoms with E-state index in [2.05, 4.69) is 15.4 Å². The Bertz CT molecular complexity index is 1300. The van der Waals surface area contributed by atoms with Gasteiger partial charge >= 0.3 is 0 Å². The van der Waals surface area contributed by atoms with E-state index in [0.29, 0.717) is 22.7 Å². The lowest BCUT2D eigenvalue weighted by Gasteiger charge is -2.17. The van der Waals surface area contributed by atoms with Gasteiger partial charge in [0.25, 0.3) is 5.91 Å². The second-order valence-corrected chi connectivity index (χ2v) is 8.10. The smallest absolute Gasteiger partial charge is 0.256 e. The van der Waals surface area contributed by atoms with E-state index in [0.717, 1.165) is 16.8 Å². The zero-order chi connectivity index (χ0) is 22.9. The minimum absolute atomic E-state index is 0.295. The molecule has 0 fully saturated rings. The molecule has 6 nitrogen and oxygen atoms in total. The van der Waals surface area contributed by atoms with Crippen LogP contribution in [-0.2, 0) is 5.60 Å². The van der Waals surface area contributed by atoms with Crippen LogP contribution in [0, 0.1) is 12.7 Å². The van der Waals surface area contributed by atoms with Crippen LogP contribution in [0.2, 0.25) is 0 Å². The van der Waals surface area contributed by atoms with E-state index in [1.54, 1.807) is 60.8 Å². The number of rotatable bonds is 5. The summed E-state index contributed by atoms with van der Waals surface area (Å²) in [5, 5.41) is 17.4. The van der Waals surface area contributed by atoms with Gasteiger partial charge in [-0.05, 0) is 62.2 Å². The quantitative estimate of drug-likeness (QED) is 0.475. The number of hydrogen-bond acceptors (Lipinski definition) is 4. The maximum absolute atomic E-state index is 13.2. The molecule has 1 amide bonds. The van der Waals surface area contributed by atoms with Crippen molar-refractivity contribution >= 4 is 29.5 Å². The minimum atomic E-state index is -0.979. The maximum atomic E-state index is 13.2. The third-order valence-corrected chi connectivity index (χ3v) is 4.99. The predicted molar refractivity (Wildman–Crippen MR) is 123 cm³/mol. The van der Waals surface area contributed by atoms with Gasteiger partial charge in [-0.2, -0.15) is 5.10 Å². The molecule has 0 saturated heterocycles. The Hall–Kier alpha value is -3.84. The lowest BCUT2D eigenvalue weighted by molar-refractivity contribution is 0.0785. The monoisotopic (exact) mass is 430 g/mol. The lowest BCUT2D eigenvalue weighted by Crippen LogP contribution is -2.17. The molecule has 0 radical (unpaired) electrons. The van der Waals surface area contributed by atoms with Gasteiger partial charge in [-0.3, -0.25) is 4.79 Å². The molecule has 0 aliphatic carbocycles. The van der Waals surface area contributed by atoms with Crippen LogP contribution < -0.4 is 5.32 Å². The van der Waals surface area contributed by atoms with E-state index < -0.39 is 5.60 Å². The molecule has 2 heterocycles. The first-order valence-corrected chi connectivity index (χ1v) is 10.1. The normalized spacial score (nSPS) is 11.9. The Morgan fingerprint density at radius 1 is 1.06 bits per heavy atom. The summed E-state index contributed by atoms with van der Waals surface area (Å²) in [6.45, 7) is 5.25. The van der Waals surface area contributed by atoms with Gasteiger partial charge in [0.2, 0.25) is 0 Å². The first-order chi connectivity index (χ1) is 15.2. The SMILES string of the molecule is Cc1cc2nc(NC(=O)c3ccc(C(C)(C)O)cc3)cc(/C=C/c3ccc(F)cc3)n2n1. The number of aryl methyl sites for hydroxylation is 1. The highest BCUT2D eigenvalue weighted by Gasteiger charge is 2.17. The zero-order valence-corrected chi connectivity index (χ0v) is 18.0. The van der Waals surface area contributed by atoms with Gasteiger partial charge in [-0.25, -0.2) is 13.9 Å². The highest BCUT2D eigenvalue weighted by atomic mass is 19.1. The summed E-state index contributed by atoms with van der Waals surface area (Å²) in [7, 11) is 0. The summed E-state index contributed by atoms with van der Waals surface area (Å²) in [4.78, 5) is 17.2. The van der Waals surface area contributed by atoms with Gasteiger partial charge in [0.05, 0.1) is 17.0 Å². The topological polar surface area (TPSA) is 79.5 Å². The van der Waals surface area contributed by atoms with Gasteiger partial charge in [0.1, 0.15) is 11.6 Å². The maximum Gasteiger partial charge on any atom is 0.256 e. The van der Waals surface area contributed by atoms with Gasteiger partial charge in [-0.15, -0.1) is 0 Å². The van der Waals surface area contributed by atoms with Crippen molar-refractivity contribution in [1.29, 1.82) is 0 Å². The molecule has 0 atom stereocenters. The number of fused-ring (bicyclic) bond motifs is 1. The van der Waals surface area contributed by atoms with Gasteiger partial charge in [0, 0.05) is 17.7 Å². The fourth-order valence-electron chi connectivity index (χ4n) is 3.27. The largest absolute Gasteiger partial charge is 0.386 e. The van der Waals surface area contributed by atoms with Gasteiger partial charge in [0.15, 0.2) is 5.65 Å². The van der Waals surface area contributed by atoms with E-state index in [1.165, 1.54) is 12.1 Å². The van der Waals surface area contributed by atoms with Gasteiger partial charge in [-0.1, -0.05) is 30.3 Å². The molecule has 0 bridgehead atoms. The predicted octanol–water partition coefficient (Wildman–Crippen LogP) is 4.83. The number of benzene rings is 2. The molecule has 2 aromatic carbocycles. The average molecular weight is 430 g/mol. The Labute approximate surface area is 185 Å². The van der Waals surface area contributed by atoms with Crippen molar-refractivity contribution < 1.29 is 14.3 Å². The summed E-state index contributed by atoms with van der Waals surface area (Å²) >= 11 is 0. The van der Waals surface area contributed by atoms with E-state index >= 15 is 0 Å². The zero-order valence-electron chi connectivity index (χ0n) is 18.0. The number of halogens is 1. The molecular weight excluding hydrogens is 407 g/mol. The number of aromatic nitrogens is 3. The number of carbonyl (C=O) groups excluding carboxylic acids is 1. The minimum Gasteiger partial charge on any atom is -0.386 e. The standard InChI is InChI=1S/C25H23FN4O2/c1-16-14-23-27-22(28-24(31)18-7-9-19(10-8-18)25(2,3)32)15-21(30(23)29-16)13-6-17-4-11-20(26)12-5-17/h4-15,32H,1-3H3,(H,27,28,31)/b13-6+. The van der Waals surface area contributed by atoms with Crippen molar-refractivity contribution in [3.05, 3.63) is 94.6 Å². The molecule has 4 rings (SSSR count). The number of nitrogens with zero attached hydrogens (tertiary/aromatic N) is 3. The molecule has 2 N–H and O–H groups in total. The van der Waals surface area contributed by atoms with Crippen molar-refractivity contribution in [2.75, 3.05) is 5.32 Å². The van der Waals surface area contributed by atoms with E-state index in [9.17, 15) is 14.3 Å². The van der Waals surface area contributed by atoms with Crippen molar-refractivity contribution in [3.63, 3.8) is 0 Å². The Morgan fingerprint density at radius 2 is 1.75 bits per heavy atom. The molecule has 0 saturated carbocycles. The first kappa shape index (κ1) is 21.4. The number of carbonyl (C=O) groups is 1. The van der Waals surface area contributed by atoms with Crippen LogP contribution in [0.1, 0.15) is 46.7 Å². The molecule has 32 heavy (non-hydrogen) atoms. The van der Waals surface area contributed by atoms with Crippen LogP contribution in [0.15, 0.2) is 60.7 Å². The highest BCUT2D eigenvalue weighted by molar-refractivity contribution is 6.04. The fourth-order valence-corrected chi connectivity index (χ4v) is 3.27. The van der Waals surface area contributed by atoms with E-state index in [-0.39, 0.29) is 11.7 Å². The second kappa shape index (κ2) is 8.36. The van der Waals surface area contributed by atoms with Crippen molar-refractivity contribution in [2.45, 2.75) is 26.4 Å². The van der Waals surface area contributed by atoms with E-state index in [4.69, 9.17) is 0 Å². The highest BCUT2D eigenvalue weighted by Crippen LogP contribution is 2.21. The summed E-state index contributed by atoms with van der Waals surface area (Å²) < 4.78 is 14.8. The van der Waals surface area contributed by atoms with Crippen LogP contribution in [0.4, 0.5) is 10.2 Å². The number of nitrogens with one attached hydrogen (secondary N) is 1. The molecule has 0 unspecified atom stereocenters. The first-order valence-electron chi connectivity index (χ1n) is 10.1. The molecular formula is C25H23FN4O2. The van der Waals surface area contributed by atoms with Crippen LogP contribution in [0.25, 0.3) is 17.8 Å². The Morgan fingerprint density at radius 3 is 2.41 bits per heavy atom. The molecule has 162 valence electrons. The van der Waals surface area contributed by atoms with Crippen LogP contribution in [0.5, 0.6) is 0 Å². The Balaban J connectivity index is 1.63. The van der Waals surface area contributed by atoms with Crippen molar-refractivity contribution in [1.82, 2.24) is 14.6 Å². The number of anilines is 1. The van der Waals surface area contributed by atoms with Crippen LogP contribution >= 0.6 is 0 Å². The molecule has 0 aliphatic rings.